The van der Waals surface area contributed by atoms with Crippen LogP contribution in [-0.4, -0.2) is 17.2 Å². The predicted molar refractivity (Wildman–Crippen MR) is 72.4 cm³/mol. The number of hydrogen-bond donors (Lipinski definition) is 1. The van der Waals surface area contributed by atoms with Gasteiger partial charge in [-0.2, -0.15) is 0 Å². The zero-order valence-corrected chi connectivity index (χ0v) is 11.5. The Balaban J connectivity index is 1.95. The molecule has 0 saturated heterocycles. The average molecular weight is 254 g/mol. The van der Waals surface area contributed by atoms with E-state index in [1.165, 1.54) is 51.0 Å². The standard InChI is InChI=1S/C15H26O3/c1-2-3-4-5-6-7-8-9-10-14-11-13(16)12-15(17)18-14/h12,14,16H,2-11H2,1H3. The van der Waals surface area contributed by atoms with Crippen molar-refractivity contribution in [1.82, 2.24) is 0 Å². The van der Waals surface area contributed by atoms with Gasteiger partial charge in [0.15, 0.2) is 0 Å². The summed E-state index contributed by atoms with van der Waals surface area (Å²) < 4.78 is 5.14. The van der Waals surface area contributed by atoms with Gasteiger partial charge < -0.3 is 9.84 Å². The van der Waals surface area contributed by atoms with Crippen molar-refractivity contribution in [1.29, 1.82) is 0 Å². The maximum atomic E-state index is 11.1. The highest BCUT2D eigenvalue weighted by Crippen LogP contribution is 2.19. The van der Waals surface area contributed by atoms with Crippen molar-refractivity contribution in [3.8, 4) is 0 Å². The van der Waals surface area contributed by atoms with Gasteiger partial charge in [0.2, 0.25) is 0 Å². The summed E-state index contributed by atoms with van der Waals surface area (Å²) in [7, 11) is 0. The number of esters is 1. The average Bonchev–Trinajstić information content (AvgIpc) is 2.31. The minimum absolute atomic E-state index is 0.109. The Labute approximate surface area is 110 Å². The molecule has 0 amide bonds. The lowest BCUT2D eigenvalue weighted by molar-refractivity contribution is -0.145. The van der Waals surface area contributed by atoms with Gasteiger partial charge in [0, 0.05) is 6.42 Å². The summed E-state index contributed by atoms with van der Waals surface area (Å²) in [4.78, 5) is 11.1. The first-order valence-corrected chi connectivity index (χ1v) is 7.32. The van der Waals surface area contributed by atoms with E-state index in [2.05, 4.69) is 6.92 Å². The fraction of sp³-hybridized carbons (Fsp3) is 0.800. The van der Waals surface area contributed by atoms with Crippen LogP contribution in [0.2, 0.25) is 0 Å². The molecule has 1 heterocycles. The number of carbonyl (C=O) groups excluding carboxylic acids is 1. The highest BCUT2D eigenvalue weighted by Gasteiger charge is 2.20. The summed E-state index contributed by atoms with van der Waals surface area (Å²) >= 11 is 0. The molecule has 1 rings (SSSR count). The van der Waals surface area contributed by atoms with Crippen LogP contribution in [0, 0.1) is 0 Å². The van der Waals surface area contributed by atoms with Crippen LogP contribution in [0.1, 0.15) is 71.1 Å². The summed E-state index contributed by atoms with van der Waals surface area (Å²) in [6.07, 6.45) is 12.6. The zero-order valence-electron chi connectivity index (χ0n) is 11.5. The molecule has 0 radical (unpaired) electrons. The van der Waals surface area contributed by atoms with Gasteiger partial charge in [0.25, 0.3) is 0 Å². The molecule has 0 bridgehead atoms. The Morgan fingerprint density at radius 1 is 1.17 bits per heavy atom. The molecule has 1 aliphatic rings. The van der Waals surface area contributed by atoms with Crippen molar-refractivity contribution in [2.45, 2.75) is 77.2 Å². The molecule has 1 unspecified atom stereocenters. The lowest BCUT2D eigenvalue weighted by atomic mass is 10.0. The number of aliphatic hydroxyl groups is 1. The molecule has 0 fully saturated rings. The van der Waals surface area contributed by atoms with Crippen LogP contribution in [0.4, 0.5) is 0 Å². The van der Waals surface area contributed by atoms with Crippen molar-refractivity contribution in [2.75, 3.05) is 0 Å². The van der Waals surface area contributed by atoms with Gasteiger partial charge in [-0.05, 0) is 12.8 Å². The summed E-state index contributed by atoms with van der Waals surface area (Å²) in [5.41, 5.74) is 0. The van der Waals surface area contributed by atoms with Crippen molar-refractivity contribution in [2.24, 2.45) is 0 Å². The number of aliphatic hydroxyl groups excluding tert-OH is 1. The Bertz CT molecular complexity index is 271. The van der Waals surface area contributed by atoms with E-state index in [9.17, 15) is 9.90 Å². The van der Waals surface area contributed by atoms with Crippen molar-refractivity contribution in [3.63, 3.8) is 0 Å². The normalized spacial score (nSPS) is 19.5. The van der Waals surface area contributed by atoms with E-state index in [0.29, 0.717) is 6.42 Å². The monoisotopic (exact) mass is 254 g/mol. The fourth-order valence-corrected chi connectivity index (χ4v) is 2.34. The summed E-state index contributed by atoms with van der Waals surface area (Å²) in [5.74, 6) is -0.237. The molecule has 0 spiro atoms. The Kier molecular flexibility index (Phi) is 7.54. The second kappa shape index (κ2) is 9.01. The predicted octanol–water partition coefficient (Wildman–Crippen LogP) is 4.27. The maximum absolute atomic E-state index is 11.1. The topological polar surface area (TPSA) is 46.5 Å². The first-order valence-electron chi connectivity index (χ1n) is 7.32. The lowest BCUT2D eigenvalue weighted by Crippen LogP contribution is -2.22. The molecule has 3 heteroatoms. The lowest BCUT2D eigenvalue weighted by Gasteiger charge is -2.20. The Morgan fingerprint density at radius 3 is 2.39 bits per heavy atom. The molecule has 18 heavy (non-hydrogen) atoms. The molecular weight excluding hydrogens is 228 g/mol. The second-order valence-electron chi connectivity index (χ2n) is 5.16. The minimum atomic E-state index is -0.400. The van der Waals surface area contributed by atoms with E-state index >= 15 is 0 Å². The second-order valence-corrected chi connectivity index (χ2v) is 5.16. The number of ether oxygens (including phenoxy) is 1. The van der Waals surface area contributed by atoms with Gasteiger partial charge >= 0.3 is 5.97 Å². The largest absolute Gasteiger partial charge is 0.512 e. The van der Waals surface area contributed by atoms with E-state index in [0.717, 1.165) is 12.8 Å². The SMILES string of the molecule is CCCCCCCCCCC1CC(O)=CC(=O)O1. The summed E-state index contributed by atoms with van der Waals surface area (Å²) in [5, 5.41) is 9.33. The van der Waals surface area contributed by atoms with Crippen LogP contribution in [0.3, 0.4) is 0 Å². The third-order valence-corrected chi connectivity index (χ3v) is 3.38. The summed E-state index contributed by atoms with van der Waals surface area (Å²) in [6.45, 7) is 2.23. The van der Waals surface area contributed by atoms with Gasteiger partial charge in [-0.25, -0.2) is 4.79 Å². The van der Waals surface area contributed by atoms with Gasteiger partial charge in [0.1, 0.15) is 11.9 Å². The van der Waals surface area contributed by atoms with Crippen LogP contribution in [-0.2, 0) is 9.53 Å². The van der Waals surface area contributed by atoms with E-state index in [-0.39, 0.29) is 11.9 Å². The molecule has 0 saturated carbocycles. The Hall–Kier alpha value is -0.990. The molecule has 1 aliphatic heterocycles. The number of cyclic esters (lactones) is 1. The van der Waals surface area contributed by atoms with Crippen LogP contribution < -0.4 is 0 Å². The van der Waals surface area contributed by atoms with Crippen LogP contribution >= 0.6 is 0 Å². The van der Waals surface area contributed by atoms with Gasteiger partial charge in [0.05, 0.1) is 6.08 Å². The number of unbranched alkanes of at least 4 members (excludes halogenated alkanes) is 7. The minimum Gasteiger partial charge on any atom is -0.512 e. The van der Waals surface area contributed by atoms with E-state index in [4.69, 9.17) is 4.74 Å². The first kappa shape index (κ1) is 15.1. The first-order chi connectivity index (χ1) is 8.72. The van der Waals surface area contributed by atoms with E-state index in [1.54, 1.807) is 0 Å². The quantitative estimate of drug-likeness (QED) is 0.493. The van der Waals surface area contributed by atoms with E-state index in [1.807, 2.05) is 0 Å². The maximum Gasteiger partial charge on any atom is 0.334 e. The molecule has 1 atom stereocenters. The Morgan fingerprint density at radius 2 is 1.78 bits per heavy atom. The smallest absolute Gasteiger partial charge is 0.334 e. The number of carbonyl (C=O) groups is 1. The number of hydrogen-bond acceptors (Lipinski definition) is 3. The number of rotatable bonds is 9. The highest BCUT2D eigenvalue weighted by molar-refractivity contribution is 5.83. The van der Waals surface area contributed by atoms with Crippen molar-refractivity contribution in [3.05, 3.63) is 11.8 Å². The van der Waals surface area contributed by atoms with Gasteiger partial charge in [-0.1, -0.05) is 51.9 Å². The highest BCUT2D eigenvalue weighted by atomic mass is 16.5. The third-order valence-electron chi connectivity index (χ3n) is 3.38. The van der Waals surface area contributed by atoms with Crippen LogP contribution in [0.5, 0.6) is 0 Å². The summed E-state index contributed by atoms with van der Waals surface area (Å²) in [6, 6.07) is 0. The van der Waals surface area contributed by atoms with Crippen LogP contribution in [0.15, 0.2) is 11.8 Å². The van der Waals surface area contributed by atoms with Crippen LogP contribution in [0.25, 0.3) is 0 Å². The third kappa shape index (κ3) is 6.67. The zero-order chi connectivity index (χ0) is 13.2. The molecule has 0 aromatic rings. The molecule has 104 valence electrons. The molecular formula is C15H26O3. The van der Waals surface area contributed by atoms with Gasteiger partial charge in [-0.3, -0.25) is 0 Å². The van der Waals surface area contributed by atoms with Crippen molar-refractivity contribution >= 4 is 5.97 Å². The molecule has 0 aliphatic carbocycles. The molecule has 0 aromatic heterocycles. The fourth-order valence-electron chi connectivity index (χ4n) is 2.34. The molecule has 1 N–H and O–H groups in total. The molecule has 0 aromatic carbocycles. The van der Waals surface area contributed by atoms with E-state index < -0.39 is 5.97 Å². The molecule has 3 nitrogen and oxygen atoms in total. The van der Waals surface area contributed by atoms with Gasteiger partial charge in [-0.15, -0.1) is 0 Å². The van der Waals surface area contributed by atoms with Crippen molar-refractivity contribution < 1.29 is 14.6 Å².